The van der Waals surface area contributed by atoms with Crippen molar-refractivity contribution in [2.45, 2.75) is 18.5 Å². The summed E-state index contributed by atoms with van der Waals surface area (Å²) < 4.78 is 35.5. The van der Waals surface area contributed by atoms with E-state index in [4.69, 9.17) is 4.74 Å². The number of ether oxygens (including phenoxy) is 1. The highest BCUT2D eigenvalue weighted by Gasteiger charge is 2.28. The van der Waals surface area contributed by atoms with Gasteiger partial charge in [0.1, 0.15) is 5.75 Å². The van der Waals surface area contributed by atoms with Gasteiger partial charge in [0.2, 0.25) is 10.0 Å². The molecule has 3 heterocycles. The maximum atomic E-state index is 12.9. The quantitative estimate of drug-likeness (QED) is 0.591. The number of hydrogen-bond donors (Lipinski definition) is 0. The second-order valence-corrected chi connectivity index (χ2v) is 8.72. The summed E-state index contributed by atoms with van der Waals surface area (Å²) in [5.41, 5.74) is 0.388. The van der Waals surface area contributed by atoms with E-state index in [0.717, 1.165) is 0 Å². The molecule has 0 unspecified atom stereocenters. The number of aromatic nitrogens is 3. The van der Waals surface area contributed by atoms with Gasteiger partial charge in [0.15, 0.2) is 5.65 Å². The first-order chi connectivity index (χ1) is 14.0. The van der Waals surface area contributed by atoms with Crippen molar-refractivity contribution >= 4 is 15.7 Å². The molecule has 1 fully saturated rings. The third-order valence-electron chi connectivity index (χ3n) is 4.93. The average Bonchev–Trinajstić information content (AvgIpc) is 3.05. The Morgan fingerprint density at radius 2 is 1.76 bits per heavy atom. The van der Waals surface area contributed by atoms with E-state index >= 15 is 0 Å². The Bertz CT molecular complexity index is 1150. The SMILES string of the molecule is CCOc1ccc(S(=O)(=O)N2CCN(Cn3nc4ccccn4c3=O)CC2)cc1. The first kappa shape index (κ1) is 19.6. The molecular weight excluding hydrogens is 394 g/mol. The lowest BCUT2D eigenvalue weighted by Gasteiger charge is -2.33. The Hall–Kier alpha value is -2.69. The number of nitrogens with zero attached hydrogens (tertiary/aromatic N) is 5. The second kappa shape index (κ2) is 7.97. The first-order valence-corrected chi connectivity index (χ1v) is 10.9. The lowest BCUT2D eigenvalue weighted by molar-refractivity contribution is 0.144. The molecule has 0 amide bonds. The van der Waals surface area contributed by atoms with Gasteiger partial charge >= 0.3 is 5.69 Å². The molecule has 154 valence electrons. The van der Waals surface area contributed by atoms with Gasteiger partial charge in [-0.3, -0.25) is 9.30 Å². The Labute approximate surface area is 168 Å². The zero-order valence-corrected chi connectivity index (χ0v) is 17.0. The number of fused-ring (bicyclic) bond motifs is 1. The second-order valence-electron chi connectivity index (χ2n) is 6.78. The molecule has 1 aliphatic heterocycles. The van der Waals surface area contributed by atoms with Crippen LogP contribution in [-0.4, -0.2) is 64.6 Å². The third-order valence-corrected chi connectivity index (χ3v) is 6.84. The number of hydrogen-bond acceptors (Lipinski definition) is 6. The molecule has 0 atom stereocenters. The van der Waals surface area contributed by atoms with Crippen molar-refractivity contribution in [3.05, 3.63) is 59.1 Å². The molecule has 1 aromatic carbocycles. The van der Waals surface area contributed by atoms with E-state index in [0.29, 0.717) is 50.9 Å². The highest BCUT2D eigenvalue weighted by Crippen LogP contribution is 2.21. The minimum atomic E-state index is -3.56. The van der Waals surface area contributed by atoms with Gasteiger partial charge in [-0.15, -0.1) is 5.10 Å². The van der Waals surface area contributed by atoms with Crippen LogP contribution < -0.4 is 10.4 Å². The Morgan fingerprint density at radius 1 is 1.03 bits per heavy atom. The number of pyridine rings is 1. The topological polar surface area (TPSA) is 89.2 Å². The molecule has 0 spiro atoms. The Balaban J connectivity index is 1.41. The summed E-state index contributed by atoms with van der Waals surface area (Å²) in [7, 11) is -3.56. The maximum absolute atomic E-state index is 12.9. The molecule has 0 aliphatic carbocycles. The lowest BCUT2D eigenvalue weighted by atomic mass is 10.3. The monoisotopic (exact) mass is 417 g/mol. The van der Waals surface area contributed by atoms with Crippen LogP contribution in [0.1, 0.15) is 6.92 Å². The summed E-state index contributed by atoms with van der Waals surface area (Å²) in [6, 6.07) is 11.9. The molecule has 4 rings (SSSR count). The summed E-state index contributed by atoms with van der Waals surface area (Å²) in [5.74, 6) is 0.647. The van der Waals surface area contributed by atoms with Gasteiger partial charge in [-0.1, -0.05) is 6.07 Å². The molecule has 0 bridgehead atoms. The molecular formula is C19H23N5O4S. The first-order valence-electron chi connectivity index (χ1n) is 9.48. The van der Waals surface area contributed by atoms with Gasteiger partial charge in [-0.2, -0.15) is 8.99 Å². The van der Waals surface area contributed by atoms with E-state index in [1.165, 1.54) is 13.4 Å². The van der Waals surface area contributed by atoms with Crippen LogP contribution in [0.2, 0.25) is 0 Å². The van der Waals surface area contributed by atoms with E-state index in [-0.39, 0.29) is 10.6 Å². The molecule has 3 aromatic rings. The van der Waals surface area contributed by atoms with Gasteiger partial charge in [0.25, 0.3) is 0 Å². The molecule has 0 saturated carbocycles. The number of piperazine rings is 1. The minimum Gasteiger partial charge on any atom is -0.494 e. The zero-order valence-electron chi connectivity index (χ0n) is 16.1. The molecule has 0 N–H and O–H groups in total. The minimum absolute atomic E-state index is 0.204. The van der Waals surface area contributed by atoms with Crippen LogP contribution >= 0.6 is 0 Å². The predicted octanol–water partition coefficient (Wildman–Crippen LogP) is 0.859. The van der Waals surface area contributed by atoms with E-state index in [1.807, 2.05) is 17.9 Å². The summed E-state index contributed by atoms with van der Waals surface area (Å²) in [5, 5.41) is 4.33. The van der Waals surface area contributed by atoms with Crippen LogP contribution in [0.3, 0.4) is 0 Å². The Kier molecular flexibility index (Phi) is 5.39. The summed E-state index contributed by atoms with van der Waals surface area (Å²) in [4.78, 5) is 14.7. The fourth-order valence-corrected chi connectivity index (χ4v) is 4.81. The van der Waals surface area contributed by atoms with Crippen molar-refractivity contribution in [3.8, 4) is 5.75 Å². The van der Waals surface area contributed by atoms with Crippen molar-refractivity contribution < 1.29 is 13.2 Å². The summed E-state index contributed by atoms with van der Waals surface area (Å²) >= 11 is 0. The van der Waals surface area contributed by atoms with Crippen molar-refractivity contribution in [1.29, 1.82) is 0 Å². The Morgan fingerprint density at radius 3 is 2.41 bits per heavy atom. The average molecular weight is 417 g/mol. The molecule has 29 heavy (non-hydrogen) atoms. The molecule has 1 saturated heterocycles. The lowest BCUT2D eigenvalue weighted by Crippen LogP contribution is -2.49. The van der Waals surface area contributed by atoms with Crippen LogP contribution in [-0.2, 0) is 16.7 Å². The van der Waals surface area contributed by atoms with E-state index in [9.17, 15) is 13.2 Å². The molecule has 0 radical (unpaired) electrons. The molecule has 1 aliphatic rings. The van der Waals surface area contributed by atoms with Crippen LogP contribution in [0.4, 0.5) is 0 Å². The van der Waals surface area contributed by atoms with E-state index < -0.39 is 10.0 Å². The standard InChI is InChI=1S/C19H23N5O4S/c1-2-28-16-6-8-17(9-7-16)29(26,27)22-13-11-21(12-14-22)15-24-19(25)23-10-4-3-5-18(23)20-24/h3-10H,2,11-15H2,1H3. The van der Waals surface area contributed by atoms with Gasteiger partial charge in [0.05, 0.1) is 18.2 Å². The molecule has 2 aromatic heterocycles. The van der Waals surface area contributed by atoms with Crippen molar-refractivity contribution in [1.82, 2.24) is 23.4 Å². The number of benzene rings is 1. The number of sulfonamides is 1. The van der Waals surface area contributed by atoms with Crippen LogP contribution in [0.15, 0.2) is 58.4 Å². The fourth-order valence-electron chi connectivity index (χ4n) is 3.38. The zero-order chi connectivity index (χ0) is 20.4. The number of rotatable bonds is 6. The smallest absolute Gasteiger partial charge is 0.351 e. The predicted molar refractivity (Wildman–Crippen MR) is 107 cm³/mol. The van der Waals surface area contributed by atoms with Gasteiger partial charge in [0, 0.05) is 32.4 Å². The van der Waals surface area contributed by atoms with E-state index in [1.54, 1.807) is 42.6 Å². The van der Waals surface area contributed by atoms with Crippen LogP contribution in [0, 0.1) is 0 Å². The van der Waals surface area contributed by atoms with Crippen molar-refractivity contribution in [2.24, 2.45) is 0 Å². The summed E-state index contributed by atoms with van der Waals surface area (Å²) in [6.45, 7) is 4.51. The highest BCUT2D eigenvalue weighted by atomic mass is 32.2. The van der Waals surface area contributed by atoms with Crippen LogP contribution in [0.25, 0.3) is 5.65 Å². The fraction of sp³-hybridized carbons (Fsp3) is 0.368. The van der Waals surface area contributed by atoms with Crippen molar-refractivity contribution in [2.75, 3.05) is 32.8 Å². The van der Waals surface area contributed by atoms with Crippen molar-refractivity contribution in [3.63, 3.8) is 0 Å². The van der Waals surface area contributed by atoms with Gasteiger partial charge in [-0.25, -0.2) is 13.2 Å². The van der Waals surface area contributed by atoms with Crippen LogP contribution in [0.5, 0.6) is 5.75 Å². The molecule has 9 nitrogen and oxygen atoms in total. The largest absolute Gasteiger partial charge is 0.494 e. The van der Waals surface area contributed by atoms with Gasteiger partial charge in [-0.05, 0) is 43.3 Å². The van der Waals surface area contributed by atoms with E-state index in [2.05, 4.69) is 5.10 Å². The maximum Gasteiger partial charge on any atom is 0.351 e. The normalized spacial score (nSPS) is 16.3. The molecule has 10 heteroatoms. The summed E-state index contributed by atoms with van der Waals surface area (Å²) in [6.07, 6.45) is 1.68. The van der Waals surface area contributed by atoms with Gasteiger partial charge < -0.3 is 4.74 Å². The highest BCUT2D eigenvalue weighted by molar-refractivity contribution is 7.89. The third kappa shape index (κ3) is 3.91.